The molecule has 152 valence electrons. The van der Waals surface area contributed by atoms with Crippen molar-refractivity contribution in [3.05, 3.63) is 28.7 Å². The summed E-state index contributed by atoms with van der Waals surface area (Å²) in [6.07, 6.45) is 2.82. The first-order chi connectivity index (χ1) is 13.3. The van der Waals surface area contributed by atoms with Crippen LogP contribution in [0.15, 0.2) is 23.1 Å². The number of carbonyl (C=O) groups is 2. The Morgan fingerprint density at radius 2 is 2.04 bits per heavy atom. The lowest BCUT2D eigenvalue weighted by Crippen LogP contribution is -2.30. The first-order valence-electron chi connectivity index (χ1n) is 8.98. The number of carbonyl (C=O) groups excluding carboxylic acids is 2. The molecule has 0 atom stereocenters. The molecule has 1 heterocycles. The molecule has 1 amide bonds. The molecule has 0 bridgehead atoms. The molecule has 8 heteroatoms. The van der Waals surface area contributed by atoms with E-state index in [0.717, 1.165) is 12.0 Å². The van der Waals surface area contributed by atoms with E-state index in [-0.39, 0.29) is 24.8 Å². The second-order valence-corrected chi connectivity index (χ2v) is 8.28. The quantitative estimate of drug-likeness (QED) is 0.339. The number of thioether (sulfide) groups is 1. The fourth-order valence-electron chi connectivity index (χ4n) is 2.45. The van der Waals surface area contributed by atoms with Gasteiger partial charge in [0.1, 0.15) is 4.32 Å². The van der Waals surface area contributed by atoms with Gasteiger partial charge in [-0.15, -0.1) is 0 Å². The number of nitrogens with zero attached hydrogens (tertiary/aromatic N) is 1. The largest absolute Gasteiger partial charge is 0.493 e. The van der Waals surface area contributed by atoms with Crippen LogP contribution in [0.3, 0.4) is 0 Å². The first kappa shape index (κ1) is 22.2. The van der Waals surface area contributed by atoms with Crippen LogP contribution in [0.5, 0.6) is 11.5 Å². The van der Waals surface area contributed by atoms with Gasteiger partial charge in [0.15, 0.2) is 11.5 Å². The van der Waals surface area contributed by atoms with E-state index < -0.39 is 0 Å². The molecule has 1 aromatic rings. The highest BCUT2D eigenvalue weighted by molar-refractivity contribution is 8.26. The van der Waals surface area contributed by atoms with Crippen LogP contribution in [0.1, 0.15) is 32.3 Å². The van der Waals surface area contributed by atoms with Crippen molar-refractivity contribution in [1.29, 1.82) is 0 Å². The summed E-state index contributed by atoms with van der Waals surface area (Å²) in [6, 6.07) is 5.53. The van der Waals surface area contributed by atoms with E-state index in [0.29, 0.717) is 33.2 Å². The predicted octanol–water partition coefficient (Wildman–Crippen LogP) is 3.88. The van der Waals surface area contributed by atoms with Crippen LogP contribution in [-0.2, 0) is 14.3 Å². The molecule has 0 spiro atoms. The van der Waals surface area contributed by atoms with E-state index in [1.807, 2.05) is 18.2 Å². The van der Waals surface area contributed by atoms with Crippen molar-refractivity contribution in [3.8, 4) is 11.5 Å². The molecule has 0 aromatic heterocycles. The highest BCUT2D eigenvalue weighted by Gasteiger charge is 2.32. The summed E-state index contributed by atoms with van der Waals surface area (Å²) in [7, 11) is 2.90. The van der Waals surface area contributed by atoms with Gasteiger partial charge < -0.3 is 14.2 Å². The van der Waals surface area contributed by atoms with Gasteiger partial charge in [-0.25, -0.2) is 0 Å². The number of rotatable bonds is 9. The minimum Gasteiger partial charge on any atom is -0.493 e. The maximum absolute atomic E-state index is 12.6. The number of amides is 1. The number of hydrogen-bond donors (Lipinski definition) is 0. The smallest absolute Gasteiger partial charge is 0.307 e. The highest BCUT2D eigenvalue weighted by atomic mass is 32.2. The summed E-state index contributed by atoms with van der Waals surface area (Å²) >= 11 is 6.48. The average Bonchev–Trinajstić information content (AvgIpc) is 2.93. The van der Waals surface area contributed by atoms with Crippen LogP contribution in [0, 0.1) is 5.92 Å². The minimum atomic E-state index is -0.379. The lowest BCUT2D eigenvalue weighted by Gasteiger charge is -2.13. The Hall–Kier alpha value is -2.06. The normalized spacial score (nSPS) is 15.5. The van der Waals surface area contributed by atoms with Gasteiger partial charge in [-0.3, -0.25) is 14.5 Å². The lowest BCUT2D eigenvalue weighted by molar-refractivity contribution is -0.140. The van der Waals surface area contributed by atoms with E-state index >= 15 is 0 Å². The van der Waals surface area contributed by atoms with Gasteiger partial charge >= 0.3 is 5.97 Å². The van der Waals surface area contributed by atoms with Gasteiger partial charge in [-0.05, 0) is 36.1 Å². The number of hydrogen-bond acceptors (Lipinski definition) is 7. The van der Waals surface area contributed by atoms with Gasteiger partial charge in [-0.2, -0.15) is 0 Å². The summed E-state index contributed by atoms with van der Waals surface area (Å²) < 4.78 is 16.3. The number of thiocarbonyl (C=S) groups is 1. The summed E-state index contributed by atoms with van der Waals surface area (Å²) in [4.78, 5) is 25.8. The van der Waals surface area contributed by atoms with Crippen LogP contribution < -0.4 is 9.47 Å². The van der Waals surface area contributed by atoms with Gasteiger partial charge in [0.25, 0.3) is 5.91 Å². The molecule has 0 saturated carbocycles. The predicted molar refractivity (Wildman–Crippen MR) is 114 cm³/mol. The Morgan fingerprint density at radius 3 is 2.68 bits per heavy atom. The van der Waals surface area contributed by atoms with E-state index in [2.05, 4.69) is 18.6 Å². The lowest BCUT2D eigenvalue weighted by atomic mass is 10.1. The molecule has 2 rings (SSSR count). The van der Waals surface area contributed by atoms with Crippen LogP contribution in [0.25, 0.3) is 6.08 Å². The van der Waals surface area contributed by atoms with Crippen molar-refractivity contribution >= 4 is 46.3 Å². The topological polar surface area (TPSA) is 65.1 Å². The third kappa shape index (κ3) is 5.97. The molecule has 1 aliphatic heterocycles. The second-order valence-electron chi connectivity index (χ2n) is 6.60. The molecule has 0 unspecified atom stereocenters. The summed E-state index contributed by atoms with van der Waals surface area (Å²) in [5.41, 5.74) is 0.807. The third-order valence-electron chi connectivity index (χ3n) is 4.08. The zero-order valence-electron chi connectivity index (χ0n) is 16.5. The Morgan fingerprint density at radius 1 is 1.29 bits per heavy atom. The second kappa shape index (κ2) is 10.5. The van der Waals surface area contributed by atoms with Crippen LogP contribution >= 0.6 is 24.0 Å². The maximum atomic E-state index is 12.6. The molecule has 6 nitrogen and oxygen atoms in total. The van der Waals surface area contributed by atoms with Crippen molar-refractivity contribution in [2.75, 3.05) is 27.4 Å². The van der Waals surface area contributed by atoms with E-state index in [4.69, 9.17) is 21.7 Å². The number of methoxy groups -OCH3 is 2. The van der Waals surface area contributed by atoms with Crippen LogP contribution in [0.2, 0.25) is 0 Å². The van der Waals surface area contributed by atoms with Crippen LogP contribution in [0.4, 0.5) is 0 Å². The van der Waals surface area contributed by atoms with Crippen LogP contribution in [-0.4, -0.2) is 48.5 Å². The Bertz CT molecular complexity index is 776. The SMILES string of the molecule is COC(=O)CCN1C(=O)/C(=C\c2ccc(OCCC(C)C)c(OC)c2)SC1=S. The summed E-state index contributed by atoms with van der Waals surface area (Å²) in [5, 5.41) is 0. The van der Waals surface area contributed by atoms with Gasteiger partial charge in [0.05, 0.1) is 32.2 Å². The Kier molecular flexibility index (Phi) is 8.32. The zero-order valence-corrected chi connectivity index (χ0v) is 18.2. The van der Waals surface area contributed by atoms with Crippen molar-refractivity contribution < 1.29 is 23.8 Å². The van der Waals surface area contributed by atoms with Crippen molar-refractivity contribution in [2.45, 2.75) is 26.7 Å². The third-order valence-corrected chi connectivity index (χ3v) is 5.46. The molecular formula is C20H25NO5S2. The molecule has 28 heavy (non-hydrogen) atoms. The van der Waals surface area contributed by atoms with Gasteiger partial charge in [-0.1, -0.05) is 43.9 Å². The molecule has 0 radical (unpaired) electrons. The summed E-state index contributed by atoms with van der Waals surface area (Å²) in [5.74, 6) is 1.25. The summed E-state index contributed by atoms with van der Waals surface area (Å²) in [6.45, 7) is 5.11. The van der Waals surface area contributed by atoms with E-state index in [1.165, 1.54) is 23.8 Å². The van der Waals surface area contributed by atoms with Gasteiger partial charge in [0.2, 0.25) is 0 Å². The standard InChI is InChI=1S/C20H25NO5S2/c1-13(2)8-10-26-15-6-5-14(11-16(15)24-3)12-17-19(23)21(20(27)28-17)9-7-18(22)25-4/h5-6,11-13H,7-10H2,1-4H3/b17-12+. The molecule has 1 aromatic carbocycles. The van der Waals surface area contributed by atoms with E-state index in [9.17, 15) is 9.59 Å². The number of ether oxygens (including phenoxy) is 3. The molecule has 1 saturated heterocycles. The molecule has 0 N–H and O–H groups in total. The molecular weight excluding hydrogens is 398 g/mol. The van der Waals surface area contributed by atoms with Crippen molar-refractivity contribution in [2.24, 2.45) is 5.92 Å². The minimum absolute atomic E-state index is 0.104. The number of esters is 1. The Balaban J connectivity index is 2.10. The van der Waals surface area contributed by atoms with Crippen molar-refractivity contribution in [1.82, 2.24) is 4.90 Å². The fourth-order valence-corrected chi connectivity index (χ4v) is 3.76. The zero-order chi connectivity index (χ0) is 20.7. The molecule has 1 aliphatic rings. The van der Waals surface area contributed by atoms with E-state index in [1.54, 1.807) is 13.2 Å². The van der Waals surface area contributed by atoms with Crippen molar-refractivity contribution in [3.63, 3.8) is 0 Å². The average molecular weight is 424 g/mol. The molecule has 1 fully saturated rings. The monoisotopic (exact) mass is 423 g/mol. The maximum Gasteiger partial charge on any atom is 0.307 e. The first-order valence-corrected chi connectivity index (χ1v) is 10.2. The number of benzene rings is 1. The highest BCUT2D eigenvalue weighted by Crippen LogP contribution is 2.35. The fraction of sp³-hybridized carbons (Fsp3) is 0.450. The van der Waals surface area contributed by atoms with Gasteiger partial charge in [0, 0.05) is 6.54 Å². The molecule has 0 aliphatic carbocycles. The Labute approximate surface area is 175 Å².